The minimum atomic E-state index is -0.324. The van der Waals surface area contributed by atoms with E-state index in [4.69, 9.17) is 10.5 Å². The van der Waals surface area contributed by atoms with Crippen molar-refractivity contribution in [2.45, 2.75) is 51.6 Å². The third kappa shape index (κ3) is 2.96. The maximum absolute atomic E-state index is 13.3. The number of hydrogen-bond acceptors (Lipinski definition) is 5. The van der Waals surface area contributed by atoms with Crippen LogP contribution in [0.3, 0.4) is 0 Å². The van der Waals surface area contributed by atoms with E-state index in [0.29, 0.717) is 5.13 Å². The Bertz CT molecular complexity index is 825. The topological polar surface area (TPSA) is 65.2 Å². The number of anilines is 1. The fraction of sp³-hybridized carbons (Fsp3) is 0.545. The normalized spacial score (nSPS) is 32.4. The van der Waals surface area contributed by atoms with Crippen molar-refractivity contribution in [3.8, 4) is 11.3 Å². The van der Waals surface area contributed by atoms with Gasteiger partial charge in [0.2, 0.25) is 0 Å². The first-order chi connectivity index (χ1) is 13.0. The molecule has 1 aromatic carbocycles. The van der Waals surface area contributed by atoms with Crippen molar-refractivity contribution < 1.29 is 9.53 Å². The first-order valence-electron chi connectivity index (χ1n) is 10.0. The van der Waals surface area contributed by atoms with Crippen LogP contribution < -0.4 is 5.73 Å². The van der Waals surface area contributed by atoms with Crippen LogP contribution in [0.5, 0.6) is 0 Å². The van der Waals surface area contributed by atoms with E-state index in [1.54, 1.807) is 0 Å². The largest absolute Gasteiger partial charge is 0.456 e. The molecule has 4 aliphatic rings. The summed E-state index contributed by atoms with van der Waals surface area (Å²) in [5, 5.41) is 0.515. The Labute approximate surface area is 164 Å². The number of nitrogen functional groups attached to an aromatic ring is 1. The smallest absolute Gasteiger partial charge is 0.312 e. The lowest BCUT2D eigenvalue weighted by molar-refractivity contribution is -0.176. The SMILES string of the molecule is CC(OC(=O)C12CC3CC(CC(C3)C1)C2)c1sc(N)nc1-c1ccccc1. The highest BCUT2D eigenvalue weighted by Gasteiger charge is 2.55. The molecule has 4 fully saturated rings. The van der Waals surface area contributed by atoms with E-state index in [1.807, 2.05) is 37.3 Å². The van der Waals surface area contributed by atoms with Crippen LogP contribution in [-0.2, 0) is 9.53 Å². The fourth-order valence-corrected chi connectivity index (χ4v) is 6.96. The molecule has 4 nitrogen and oxygen atoms in total. The summed E-state index contributed by atoms with van der Waals surface area (Å²) < 4.78 is 6.07. The van der Waals surface area contributed by atoms with Crippen LogP contribution in [0.2, 0.25) is 0 Å². The van der Waals surface area contributed by atoms with Crippen LogP contribution in [0.15, 0.2) is 30.3 Å². The van der Waals surface area contributed by atoms with E-state index < -0.39 is 0 Å². The van der Waals surface area contributed by atoms with Crippen LogP contribution in [0.4, 0.5) is 5.13 Å². The molecule has 1 unspecified atom stereocenters. The van der Waals surface area contributed by atoms with E-state index in [2.05, 4.69) is 4.98 Å². The van der Waals surface area contributed by atoms with Gasteiger partial charge in [-0.2, -0.15) is 0 Å². The summed E-state index contributed by atoms with van der Waals surface area (Å²) in [4.78, 5) is 18.7. The monoisotopic (exact) mass is 382 g/mol. The van der Waals surface area contributed by atoms with Crippen LogP contribution in [-0.4, -0.2) is 11.0 Å². The van der Waals surface area contributed by atoms with Crippen LogP contribution in [0.1, 0.15) is 56.4 Å². The maximum Gasteiger partial charge on any atom is 0.312 e. The zero-order chi connectivity index (χ0) is 18.6. The second kappa shape index (κ2) is 6.33. The lowest BCUT2D eigenvalue weighted by Crippen LogP contribution is -2.50. The zero-order valence-electron chi connectivity index (χ0n) is 15.7. The molecule has 0 spiro atoms. The number of hydrogen-bond donors (Lipinski definition) is 1. The van der Waals surface area contributed by atoms with Gasteiger partial charge in [0.1, 0.15) is 6.10 Å². The van der Waals surface area contributed by atoms with E-state index in [9.17, 15) is 4.79 Å². The molecule has 6 rings (SSSR count). The Balaban J connectivity index is 1.38. The standard InChI is InChI=1S/C22H26N2O2S/c1-13(19-18(24-21(23)27-19)17-5-3-2-4-6-17)26-20(25)22-10-14-7-15(11-22)9-16(8-14)12-22/h2-6,13-16H,7-12H2,1H3,(H2,23,24). The summed E-state index contributed by atoms with van der Waals surface area (Å²) in [5.74, 6) is 2.22. The summed E-state index contributed by atoms with van der Waals surface area (Å²) in [7, 11) is 0. The summed E-state index contributed by atoms with van der Waals surface area (Å²) in [5.41, 5.74) is 7.62. The minimum Gasteiger partial charge on any atom is -0.456 e. The van der Waals surface area contributed by atoms with Crippen LogP contribution in [0.25, 0.3) is 11.3 Å². The average molecular weight is 383 g/mol. The van der Waals surface area contributed by atoms with Gasteiger partial charge in [-0.1, -0.05) is 41.7 Å². The molecule has 0 saturated heterocycles. The third-order valence-electron chi connectivity index (χ3n) is 6.84. The molecule has 4 bridgehead atoms. The molecule has 0 aliphatic heterocycles. The molecule has 5 heteroatoms. The molecule has 27 heavy (non-hydrogen) atoms. The van der Waals surface area contributed by atoms with Gasteiger partial charge in [0.05, 0.1) is 16.0 Å². The van der Waals surface area contributed by atoms with Crippen molar-refractivity contribution in [1.82, 2.24) is 4.98 Å². The van der Waals surface area contributed by atoms with Gasteiger partial charge >= 0.3 is 5.97 Å². The molecule has 2 N–H and O–H groups in total. The molecule has 142 valence electrons. The second-order valence-electron chi connectivity index (χ2n) is 8.88. The molecule has 1 atom stereocenters. The lowest BCUT2D eigenvalue weighted by Gasteiger charge is -2.55. The summed E-state index contributed by atoms with van der Waals surface area (Å²) >= 11 is 1.43. The van der Waals surface area contributed by atoms with Gasteiger partial charge in [-0.25, -0.2) is 4.98 Å². The summed E-state index contributed by atoms with van der Waals surface area (Å²) in [6.07, 6.45) is 6.74. The molecule has 0 radical (unpaired) electrons. The Morgan fingerprint density at radius 3 is 2.33 bits per heavy atom. The molecule has 4 saturated carbocycles. The molecule has 1 heterocycles. The maximum atomic E-state index is 13.3. The van der Waals surface area contributed by atoms with Gasteiger partial charge < -0.3 is 10.5 Å². The quantitative estimate of drug-likeness (QED) is 0.737. The number of nitrogens with two attached hydrogens (primary N) is 1. The number of carbonyl (C=O) groups is 1. The van der Waals surface area contributed by atoms with E-state index in [0.717, 1.165) is 53.2 Å². The molecular formula is C22H26N2O2S. The Morgan fingerprint density at radius 2 is 1.74 bits per heavy atom. The number of esters is 1. The van der Waals surface area contributed by atoms with Crippen molar-refractivity contribution in [1.29, 1.82) is 0 Å². The van der Waals surface area contributed by atoms with Gasteiger partial charge in [-0.15, -0.1) is 0 Å². The minimum absolute atomic E-state index is 0.0140. The highest BCUT2D eigenvalue weighted by atomic mass is 32.1. The predicted octanol–water partition coefficient (Wildman–Crippen LogP) is 5.21. The average Bonchev–Trinajstić information content (AvgIpc) is 3.03. The lowest BCUT2D eigenvalue weighted by atomic mass is 9.49. The Morgan fingerprint density at radius 1 is 1.15 bits per heavy atom. The van der Waals surface area contributed by atoms with E-state index in [1.165, 1.54) is 30.6 Å². The molecule has 2 aromatic rings. The van der Waals surface area contributed by atoms with Crippen molar-refractivity contribution in [3.05, 3.63) is 35.2 Å². The van der Waals surface area contributed by atoms with Crippen molar-refractivity contribution in [2.24, 2.45) is 23.2 Å². The van der Waals surface area contributed by atoms with Gasteiger partial charge in [0.25, 0.3) is 0 Å². The zero-order valence-corrected chi connectivity index (χ0v) is 16.5. The number of thiazole rings is 1. The molecular weight excluding hydrogens is 356 g/mol. The fourth-order valence-electron chi connectivity index (χ4n) is 6.13. The van der Waals surface area contributed by atoms with Crippen LogP contribution >= 0.6 is 11.3 Å². The van der Waals surface area contributed by atoms with Crippen molar-refractivity contribution in [2.75, 3.05) is 5.73 Å². The number of rotatable bonds is 4. The first-order valence-corrected chi connectivity index (χ1v) is 10.9. The number of nitrogens with zero attached hydrogens (tertiary/aromatic N) is 1. The van der Waals surface area contributed by atoms with Crippen molar-refractivity contribution in [3.63, 3.8) is 0 Å². The summed E-state index contributed by atoms with van der Waals surface area (Å²) in [6.45, 7) is 1.96. The predicted molar refractivity (Wildman–Crippen MR) is 107 cm³/mol. The first kappa shape index (κ1) is 17.2. The highest BCUT2D eigenvalue weighted by molar-refractivity contribution is 7.15. The number of aromatic nitrogens is 1. The summed E-state index contributed by atoms with van der Waals surface area (Å²) in [6, 6.07) is 9.99. The Kier molecular flexibility index (Phi) is 4.04. The van der Waals surface area contributed by atoms with E-state index >= 15 is 0 Å². The number of carbonyl (C=O) groups excluding carboxylic acids is 1. The second-order valence-corrected chi connectivity index (χ2v) is 9.94. The van der Waals surface area contributed by atoms with E-state index in [-0.39, 0.29) is 17.5 Å². The van der Waals surface area contributed by atoms with Gasteiger partial charge in [-0.3, -0.25) is 4.79 Å². The van der Waals surface area contributed by atoms with Gasteiger partial charge in [0.15, 0.2) is 5.13 Å². The molecule has 1 aromatic heterocycles. The molecule has 0 amide bonds. The number of benzene rings is 1. The Hall–Kier alpha value is -1.88. The highest BCUT2D eigenvalue weighted by Crippen LogP contribution is 2.60. The molecule has 4 aliphatic carbocycles. The van der Waals surface area contributed by atoms with Gasteiger partial charge in [-0.05, 0) is 63.2 Å². The van der Waals surface area contributed by atoms with Crippen LogP contribution in [0, 0.1) is 23.2 Å². The number of ether oxygens (including phenoxy) is 1. The van der Waals surface area contributed by atoms with Gasteiger partial charge in [0, 0.05) is 5.56 Å². The third-order valence-corrected chi connectivity index (χ3v) is 7.89. The van der Waals surface area contributed by atoms with Crippen molar-refractivity contribution >= 4 is 22.4 Å².